The van der Waals surface area contributed by atoms with Crippen LogP contribution in [-0.4, -0.2) is 43.0 Å². The highest BCUT2D eigenvalue weighted by molar-refractivity contribution is 5.91. The van der Waals surface area contributed by atoms with E-state index in [0.29, 0.717) is 5.82 Å². The summed E-state index contributed by atoms with van der Waals surface area (Å²) in [6.07, 6.45) is 2.93. The number of nitrogens with one attached hydrogen (secondary N) is 2. The van der Waals surface area contributed by atoms with Gasteiger partial charge in [0.25, 0.3) is 0 Å². The fourth-order valence-corrected chi connectivity index (χ4v) is 2.18. The van der Waals surface area contributed by atoms with Gasteiger partial charge in [-0.1, -0.05) is 12.1 Å². The molecule has 2 N–H and O–H groups in total. The van der Waals surface area contributed by atoms with Crippen LogP contribution in [0.25, 0.3) is 0 Å². The number of carbonyl (C=O) groups excluding carboxylic acids is 1. The van der Waals surface area contributed by atoms with Crippen LogP contribution >= 0.6 is 0 Å². The Bertz CT molecular complexity index is 641. The van der Waals surface area contributed by atoms with Gasteiger partial charge < -0.3 is 15.5 Å². The van der Waals surface area contributed by atoms with Gasteiger partial charge in [-0.15, -0.1) is 0 Å². The van der Waals surface area contributed by atoms with Crippen molar-refractivity contribution in [1.29, 1.82) is 0 Å². The lowest BCUT2D eigenvalue weighted by atomic mass is 10.1. The highest BCUT2D eigenvalue weighted by Crippen LogP contribution is 2.11. The first-order chi connectivity index (χ1) is 11.5. The second-order valence-corrected chi connectivity index (χ2v) is 5.87. The fraction of sp³-hybridized carbons (Fsp3) is 0.333. The van der Waals surface area contributed by atoms with Gasteiger partial charge >= 0.3 is 0 Å². The Balaban J connectivity index is 1.78. The molecule has 1 aromatic heterocycles. The summed E-state index contributed by atoms with van der Waals surface area (Å²) < 4.78 is 12.8. The molecule has 0 aliphatic heterocycles. The van der Waals surface area contributed by atoms with Crippen molar-refractivity contribution in [2.24, 2.45) is 0 Å². The van der Waals surface area contributed by atoms with E-state index in [1.807, 2.05) is 20.2 Å². The Morgan fingerprint density at radius 2 is 1.92 bits per heavy atom. The molecule has 0 spiro atoms. The van der Waals surface area contributed by atoms with Crippen LogP contribution in [0.1, 0.15) is 12.0 Å². The van der Waals surface area contributed by atoms with Gasteiger partial charge in [-0.3, -0.25) is 4.79 Å². The summed E-state index contributed by atoms with van der Waals surface area (Å²) in [5.41, 5.74) is 1.68. The smallest absolute Gasteiger partial charge is 0.229 e. The maximum Gasteiger partial charge on any atom is 0.229 e. The number of pyridine rings is 1. The van der Waals surface area contributed by atoms with E-state index < -0.39 is 0 Å². The number of rotatable bonds is 8. The first kappa shape index (κ1) is 17.9. The van der Waals surface area contributed by atoms with Crippen molar-refractivity contribution in [3.63, 3.8) is 0 Å². The highest BCUT2D eigenvalue weighted by atomic mass is 19.1. The van der Waals surface area contributed by atoms with Crippen LogP contribution < -0.4 is 10.6 Å². The Kier molecular flexibility index (Phi) is 6.69. The van der Waals surface area contributed by atoms with E-state index in [4.69, 9.17) is 0 Å². The number of anilines is 2. The minimum absolute atomic E-state index is 0.180. The summed E-state index contributed by atoms with van der Waals surface area (Å²) in [7, 11) is 4.09. The van der Waals surface area contributed by atoms with E-state index in [9.17, 15) is 9.18 Å². The zero-order valence-electron chi connectivity index (χ0n) is 14.1. The summed E-state index contributed by atoms with van der Waals surface area (Å²) in [6.45, 7) is 1.90. The monoisotopic (exact) mass is 330 g/mol. The lowest BCUT2D eigenvalue weighted by Gasteiger charge is -2.11. The number of benzene rings is 1. The molecule has 0 radical (unpaired) electrons. The number of carbonyl (C=O) groups is 1. The van der Waals surface area contributed by atoms with Gasteiger partial charge in [0.2, 0.25) is 5.91 Å². The van der Waals surface area contributed by atoms with E-state index in [0.717, 1.165) is 30.8 Å². The van der Waals surface area contributed by atoms with E-state index in [-0.39, 0.29) is 18.1 Å². The maximum atomic E-state index is 12.8. The minimum atomic E-state index is -0.311. The predicted octanol–water partition coefficient (Wildman–Crippen LogP) is 2.77. The Morgan fingerprint density at radius 3 is 2.54 bits per heavy atom. The summed E-state index contributed by atoms with van der Waals surface area (Å²) >= 11 is 0. The van der Waals surface area contributed by atoms with Crippen molar-refractivity contribution in [3.8, 4) is 0 Å². The van der Waals surface area contributed by atoms with E-state index in [1.54, 1.807) is 24.4 Å². The molecule has 6 heteroatoms. The average molecular weight is 330 g/mol. The highest BCUT2D eigenvalue weighted by Gasteiger charge is 2.05. The topological polar surface area (TPSA) is 57.3 Å². The fourth-order valence-electron chi connectivity index (χ4n) is 2.18. The van der Waals surface area contributed by atoms with Crippen molar-refractivity contribution in [2.45, 2.75) is 12.8 Å². The van der Waals surface area contributed by atoms with Crippen molar-refractivity contribution >= 4 is 17.4 Å². The second-order valence-electron chi connectivity index (χ2n) is 5.87. The van der Waals surface area contributed by atoms with Crippen LogP contribution in [0.2, 0.25) is 0 Å². The van der Waals surface area contributed by atoms with Gasteiger partial charge in [-0.25, -0.2) is 9.37 Å². The quantitative estimate of drug-likeness (QED) is 0.731. The summed E-state index contributed by atoms with van der Waals surface area (Å²) in [6, 6.07) is 9.54. The van der Waals surface area contributed by atoms with Gasteiger partial charge in [-0.2, -0.15) is 0 Å². The van der Waals surface area contributed by atoms with Crippen LogP contribution in [0.5, 0.6) is 0 Å². The third kappa shape index (κ3) is 6.34. The molecule has 0 saturated carbocycles. The molecule has 0 bridgehead atoms. The average Bonchev–Trinajstić information content (AvgIpc) is 2.55. The van der Waals surface area contributed by atoms with Crippen LogP contribution in [-0.2, 0) is 11.2 Å². The van der Waals surface area contributed by atoms with Gasteiger partial charge in [0.1, 0.15) is 11.6 Å². The Hall–Kier alpha value is -2.47. The Labute approximate surface area is 141 Å². The number of hydrogen-bond acceptors (Lipinski definition) is 4. The molecule has 0 aliphatic carbocycles. The maximum absolute atomic E-state index is 12.8. The number of nitrogens with zero attached hydrogens (tertiary/aromatic N) is 2. The lowest BCUT2D eigenvalue weighted by molar-refractivity contribution is -0.115. The molecule has 24 heavy (non-hydrogen) atoms. The van der Waals surface area contributed by atoms with E-state index in [2.05, 4.69) is 20.5 Å². The molecule has 2 rings (SSSR count). The molecule has 2 aromatic rings. The molecule has 128 valence electrons. The molecule has 5 nitrogen and oxygen atoms in total. The largest absolute Gasteiger partial charge is 0.384 e. The number of hydrogen-bond donors (Lipinski definition) is 2. The summed E-state index contributed by atoms with van der Waals surface area (Å²) in [5.74, 6) is 0.0104. The van der Waals surface area contributed by atoms with Crippen molar-refractivity contribution < 1.29 is 9.18 Å². The third-order valence-electron chi connectivity index (χ3n) is 3.42. The van der Waals surface area contributed by atoms with Gasteiger partial charge in [0.05, 0.1) is 18.3 Å². The third-order valence-corrected chi connectivity index (χ3v) is 3.42. The summed E-state index contributed by atoms with van der Waals surface area (Å²) in [4.78, 5) is 18.3. The first-order valence-corrected chi connectivity index (χ1v) is 7.92. The molecule has 1 heterocycles. The standard InChI is InChI=1S/C18H23FN4O/c1-23(2)11-3-10-20-16-8-9-17(21-13-16)22-18(24)12-14-4-6-15(19)7-5-14/h4-9,13,20H,3,10-12H2,1-2H3,(H,21,22,24). The first-order valence-electron chi connectivity index (χ1n) is 7.92. The van der Waals surface area contributed by atoms with Gasteiger partial charge in [0.15, 0.2) is 0 Å². The molecule has 1 amide bonds. The van der Waals surface area contributed by atoms with E-state index in [1.165, 1.54) is 12.1 Å². The molecular formula is C18H23FN4O. The van der Waals surface area contributed by atoms with Crippen molar-refractivity contribution in [1.82, 2.24) is 9.88 Å². The van der Waals surface area contributed by atoms with E-state index >= 15 is 0 Å². The van der Waals surface area contributed by atoms with Crippen LogP contribution in [0.15, 0.2) is 42.6 Å². The minimum Gasteiger partial charge on any atom is -0.384 e. The molecule has 0 aliphatic rings. The lowest BCUT2D eigenvalue weighted by Crippen LogP contribution is -2.17. The van der Waals surface area contributed by atoms with Crippen LogP contribution in [0.4, 0.5) is 15.9 Å². The second kappa shape index (κ2) is 8.98. The summed E-state index contributed by atoms with van der Waals surface area (Å²) in [5, 5.41) is 6.02. The predicted molar refractivity (Wildman–Crippen MR) is 94.6 cm³/mol. The van der Waals surface area contributed by atoms with Crippen LogP contribution in [0, 0.1) is 5.82 Å². The van der Waals surface area contributed by atoms with Crippen molar-refractivity contribution in [3.05, 3.63) is 54.0 Å². The zero-order valence-corrected chi connectivity index (χ0v) is 14.1. The zero-order chi connectivity index (χ0) is 17.4. The van der Waals surface area contributed by atoms with Crippen LogP contribution in [0.3, 0.4) is 0 Å². The normalized spacial score (nSPS) is 10.7. The molecule has 0 atom stereocenters. The molecule has 0 fully saturated rings. The van der Waals surface area contributed by atoms with Gasteiger partial charge in [0, 0.05) is 6.54 Å². The Morgan fingerprint density at radius 1 is 1.17 bits per heavy atom. The molecule has 0 unspecified atom stereocenters. The molecular weight excluding hydrogens is 307 g/mol. The number of halogens is 1. The molecule has 0 saturated heterocycles. The molecule has 1 aromatic carbocycles. The van der Waals surface area contributed by atoms with Crippen molar-refractivity contribution in [2.75, 3.05) is 37.8 Å². The SMILES string of the molecule is CN(C)CCCNc1ccc(NC(=O)Cc2ccc(F)cc2)nc1. The number of amides is 1. The van der Waals surface area contributed by atoms with Gasteiger partial charge in [-0.05, 0) is 56.9 Å². The number of aromatic nitrogens is 1.